The summed E-state index contributed by atoms with van der Waals surface area (Å²) in [4.78, 5) is 0. The van der Waals surface area contributed by atoms with Gasteiger partial charge in [-0.25, -0.2) is 0 Å². The van der Waals surface area contributed by atoms with Gasteiger partial charge in [-0.3, -0.25) is 0 Å². The second kappa shape index (κ2) is 3.97. The normalized spacial score (nSPS) is 30.4. The smallest absolute Gasteiger partial charge is 0.0132 e. The monoisotopic (exact) mass is 316 g/mol. The highest BCUT2D eigenvalue weighted by atomic mass is 79.9. The lowest BCUT2D eigenvalue weighted by molar-refractivity contribution is 0.727. The molecule has 0 aliphatic heterocycles. The Balaban J connectivity index is 2.26. The van der Waals surface area contributed by atoms with E-state index in [9.17, 15) is 0 Å². The molecule has 0 spiro atoms. The fourth-order valence-electron chi connectivity index (χ4n) is 2.06. The predicted molar refractivity (Wildman–Crippen MR) is 68.6 cm³/mol. The number of hydrogen-bond acceptors (Lipinski definition) is 0. The van der Waals surface area contributed by atoms with Crippen LogP contribution in [0.5, 0.6) is 0 Å². The summed E-state index contributed by atoms with van der Waals surface area (Å²) in [5, 5.41) is 2.20. The zero-order valence-electron chi connectivity index (χ0n) is 8.26. The van der Waals surface area contributed by atoms with Gasteiger partial charge in [0.25, 0.3) is 0 Å². The summed E-state index contributed by atoms with van der Waals surface area (Å²) >= 11 is 7.23. The van der Waals surface area contributed by atoms with Crippen LogP contribution in [0.15, 0.2) is 24.3 Å². The maximum Gasteiger partial charge on any atom is 0.0132 e. The Kier molecular flexibility index (Phi) is 3.03. The molecule has 2 heteroatoms. The molecule has 0 nitrogen and oxygen atoms in total. The van der Waals surface area contributed by atoms with Crippen LogP contribution < -0.4 is 0 Å². The Morgan fingerprint density at radius 1 is 1.29 bits per heavy atom. The highest BCUT2D eigenvalue weighted by molar-refractivity contribution is 9.09. The molecule has 1 fully saturated rings. The Morgan fingerprint density at radius 2 is 1.93 bits per heavy atom. The maximum atomic E-state index is 3.65. The van der Waals surface area contributed by atoms with Gasteiger partial charge in [0.1, 0.15) is 0 Å². The number of benzene rings is 1. The molecular formula is C12H14Br2. The minimum atomic E-state index is 0.414. The maximum absolute atomic E-state index is 3.65. The minimum absolute atomic E-state index is 0.414. The van der Waals surface area contributed by atoms with Gasteiger partial charge in [-0.15, -0.1) is 0 Å². The van der Waals surface area contributed by atoms with Crippen molar-refractivity contribution in [3.63, 3.8) is 0 Å². The van der Waals surface area contributed by atoms with Crippen molar-refractivity contribution < 1.29 is 0 Å². The molecule has 0 amide bonds. The molecule has 0 aromatic heterocycles. The molecule has 1 aliphatic carbocycles. The average Bonchev–Trinajstić information content (AvgIpc) is 2.94. The van der Waals surface area contributed by atoms with Crippen LogP contribution in [0.25, 0.3) is 0 Å². The van der Waals surface area contributed by atoms with Crippen LogP contribution in [0.1, 0.15) is 17.5 Å². The first-order valence-corrected chi connectivity index (χ1v) is 7.16. The summed E-state index contributed by atoms with van der Waals surface area (Å²) < 4.78 is 0. The highest BCUT2D eigenvalue weighted by Crippen LogP contribution is 2.56. The predicted octanol–water partition coefficient (Wildman–Crippen LogP) is 4.04. The first-order valence-electron chi connectivity index (χ1n) is 4.92. The molecule has 76 valence electrons. The summed E-state index contributed by atoms with van der Waals surface area (Å²) in [6.45, 7) is 2.14. The van der Waals surface area contributed by atoms with Crippen LogP contribution in [-0.2, 0) is 5.41 Å². The lowest BCUT2D eigenvalue weighted by Gasteiger charge is -2.14. The van der Waals surface area contributed by atoms with E-state index in [1.54, 1.807) is 0 Å². The summed E-state index contributed by atoms with van der Waals surface area (Å²) in [6, 6.07) is 8.98. The van der Waals surface area contributed by atoms with Crippen molar-refractivity contribution in [1.82, 2.24) is 0 Å². The van der Waals surface area contributed by atoms with E-state index in [2.05, 4.69) is 63.0 Å². The second-order valence-corrected chi connectivity index (χ2v) is 5.42. The SMILES string of the molecule is Cc1ccc([C@]2(CBr)C[C@@H]2CBr)cc1. The van der Waals surface area contributed by atoms with Gasteiger partial charge < -0.3 is 0 Å². The van der Waals surface area contributed by atoms with Gasteiger partial charge >= 0.3 is 0 Å². The molecule has 0 heterocycles. The molecule has 0 saturated heterocycles. The van der Waals surface area contributed by atoms with E-state index in [4.69, 9.17) is 0 Å². The number of rotatable bonds is 3. The number of alkyl halides is 2. The largest absolute Gasteiger partial charge is 0.0925 e. The topological polar surface area (TPSA) is 0 Å². The zero-order chi connectivity index (χ0) is 10.2. The van der Waals surface area contributed by atoms with E-state index in [1.165, 1.54) is 17.5 Å². The first kappa shape index (κ1) is 10.7. The number of hydrogen-bond donors (Lipinski definition) is 0. The molecule has 0 radical (unpaired) electrons. The molecule has 0 N–H and O–H groups in total. The van der Waals surface area contributed by atoms with Crippen LogP contribution in [0.3, 0.4) is 0 Å². The summed E-state index contributed by atoms with van der Waals surface area (Å²) in [7, 11) is 0. The lowest BCUT2D eigenvalue weighted by atomic mass is 9.95. The highest BCUT2D eigenvalue weighted by Gasteiger charge is 2.53. The quantitative estimate of drug-likeness (QED) is 0.738. The molecule has 0 unspecified atom stereocenters. The third kappa shape index (κ3) is 1.67. The summed E-state index contributed by atoms with van der Waals surface area (Å²) in [5.41, 5.74) is 3.25. The molecule has 2 rings (SSSR count). The third-order valence-electron chi connectivity index (χ3n) is 3.28. The van der Waals surface area contributed by atoms with Gasteiger partial charge in [-0.05, 0) is 24.8 Å². The molecule has 1 aromatic carbocycles. The van der Waals surface area contributed by atoms with Crippen molar-refractivity contribution in [2.75, 3.05) is 10.7 Å². The van der Waals surface area contributed by atoms with Crippen LogP contribution in [0.2, 0.25) is 0 Å². The Labute approximate surface area is 102 Å². The van der Waals surface area contributed by atoms with Gasteiger partial charge in [0.2, 0.25) is 0 Å². The molecule has 1 saturated carbocycles. The van der Waals surface area contributed by atoms with Crippen molar-refractivity contribution in [2.45, 2.75) is 18.8 Å². The van der Waals surface area contributed by atoms with Gasteiger partial charge in [0.15, 0.2) is 0 Å². The van der Waals surface area contributed by atoms with Crippen molar-refractivity contribution in [3.8, 4) is 0 Å². The van der Waals surface area contributed by atoms with Gasteiger partial charge in [0, 0.05) is 16.1 Å². The fraction of sp³-hybridized carbons (Fsp3) is 0.500. The number of halogens is 2. The molecule has 1 aliphatic rings. The average molecular weight is 318 g/mol. The van der Waals surface area contributed by atoms with E-state index >= 15 is 0 Å². The molecule has 14 heavy (non-hydrogen) atoms. The zero-order valence-corrected chi connectivity index (χ0v) is 11.4. The standard InChI is InChI=1S/C12H14Br2/c1-9-2-4-10(5-3-9)12(8-14)6-11(12)7-13/h2-5,11H,6-8H2,1H3/t11-,12-/m1/s1. The molecule has 1 aromatic rings. The van der Waals surface area contributed by atoms with Crippen LogP contribution in [0, 0.1) is 12.8 Å². The third-order valence-corrected chi connectivity index (χ3v) is 5.07. The molecular weight excluding hydrogens is 304 g/mol. The van der Waals surface area contributed by atoms with Gasteiger partial charge in [0.05, 0.1) is 0 Å². The van der Waals surface area contributed by atoms with E-state index in [0.29, 0.717) is 5.41 Å². The van der Waals surface area contributed by atoms with Gasteiger partial charge in [-0.1, -0.05) is 61.7 Å². The summed E-state index contributed by atoms with van der Waals surface area (Å²) in [5.74, 6) is 0.810. The van der Waals surface area contributed by atoms with Crippen molar-refractivity contribution >= 4 is 31.9 Å². The van der Waals surface area contributed by atoms with Crippen molar-refractivity contribution in [3.05, 3.63) is 35.4 Å². The fourth-order valence-corrected chi connectivity index (χ4v) is 3.92. The second-order valence-electron chi connectivity index (χ2n) is 4.21. The van der Waals surface area contributed by atoms with Crippen molar-refractivity contribution in [2.24, 2.45) is 5.92 Å². The minimum Gasteiger partial charge on any atom is -0.0925 e. The van der Waals surface area contributed by atoms with Crippen LogP contribution in [0.4, 0.5) is 0 Å². The number of aryl methyl sites for hydroxylation is 1. The Hall–Kier alpha value is 0.180. The molecule has 0 bridgehead atoms. The van der Waals surface area contributed by atoms with E-state index in [1.807, 2.05) is 0 Å². The summed E-state index contributed by atoms with van der Waals surface area (Å²) in [6.07, 6.45) is 1.31. The van der Waals surface area contributed by atoms with Crippen LogP contribution in [-0.4, -0.2) is 10.7 Å². The lowest BCUT2D eigenvalue weighted by Crippen LogP contribution is -2.12. The van der Waals surface area contributed by atoms with E-state index < -0.39 is 0 Å². The van der Waals surface area contributed by atoms with E-state index in [-0.39, 0.29) is 0 Å². The Morgan fingerprint density at radius 3 is 2.36 bits per heavy atom. The molecule has 2 atom stereocenters. The first-order chi connectivity index (χ1) is 6.73. The van der Waals surface area contributed by atoms with E-state index in [0.717, 1.165) is 16.6 Å². The van der Waals surface area contributed by atoms with Crippen LogP contribution >= 0.6 is 31.9 Å². The van der Waals surface area contributed by atoms with Gasteiger partial charge in [-0.2, -0.15) is 0 Å². The van der Waals surface area contributed by atoms with Crippen molar-refractivity contribution in [1.29, 1.82) is 0 Å². The Bertz CT molecular complexity index is 318.